The van der Waals surface area contributed by atoms with Crippen molar-refractivity contribution in [1.82, 2.24) is 9.97 Å². The molecule has 0 bridgehead atoms. The molecule has 0 saturated carbocycles. The topological polar surface area (TPSA) is 76.5 Å². The number of hydrazone groups is 1. The number of aromatic nitrogens is 2. The lowest BCUT2D eigenvalue weighted by Crippen LogP contribution is -2.07. The Kier molecular flexibility index (Phi) is 6.78. The summed E-state index contributed by atoms with van der Waals surface area (Å²) >= 11 is 1.32. The van der Waals surface area contributed by atoms with Crippen molar-refractivity contribution in [2.45, 2.75) is 19.5 Å². The van der Waals surface area contributed by atoms with Crippen molar-refractivity contribution in [2.24, 2.45) is 5.10 Å². The predicted molar refractivity (Wildman–Crippen MR) is 108 cm³/mol. The summed E-state index contributed by atoms with van der Waals surface area (Å²) in [5.74, 6) is -0.333. The fourth-order valence-corrected chi connectivity index (χ4v) is 3.09. The van der Waals surface area contributed by atoms with E-state index in [0.717, 1.165) is 17.8 Å². The van der Waals surface area contributed by atoms with Gasteiger partial charge in [-0.05, 0) is 24.6 Å². The van der Waals surface area contributed by atoms with E-state index < -0.39 is 11.7 Å². The Balaban J connectivity index is 1.57. The Morgan fingerprint density at radius 2 is 2.00 bits per heavy atom. The van der Waals surface area contributed by atoms with Crippen molar-refractivity contribution in [3.63, 3.8) is 0 Å². The zero-order valence-electron chi connectivity index (χ0n) is 15.8. The lowest BCUT2D eigenvalue weighted by Gasteiger charge is -2.07. The van der Waals surface area contributed by atoms with E-state index in [1.54, 1.807) is 42.8 Å². The fraction of sp³-hybridized carbons (Fsp3) is 0.200. The van der Waals surface area contributed by atoms with Crippen LogP contribution in [0.2, 0.25) is 0 Å². The predicted octanol–water partition coefficient (Wildman–Crippen LogP) is 4.78. The second-order valence-electron chi connectivity index (χ2n) is 6.05. The van der Waals surface area contributed by atoms with Crippen LogP contribution in [0.1, 0.15) is 23.7 Å². The van der Waals surface area contributed by atoms with E-state index in [9.17, 15) is 18.0 Å². The van der Waals surface area contributed by atoms with Gasteiger partial charge in [-0.25, -0.2) is 4.98 Å². The molecule has 0 aliphatic rings. The average Bonchev–Trinajstić information content (AvgIpc) is 3.15. The van der Waals surface area contributed by atoms with Crippen LogP contribution in [0, 0.1) is 0 Å². The van der Waals surface area contributed by atoms with E-state index in [2.05, 4.69) is 20.5 Å². The van der Waals surface area contributed by atoms with Crippen LogP contribution in [-0.4, -0.2) is 28.8 Å². The molecule has 156 valence electrons. The highest BCUT2D eigenvalue weighted by atomic mass is 32.1. The minimum Gasteiger partial charge on any atom is -0.466 e. The van der Waals surface area contributed by atoms with Gasteiger partial charge in [-0.1, -0.05) is 24.3 Å². The van der Waals surface area contributed by atoms with Crippen molar-refractivity contribution in [3.8, 4) is 11.3 Å². The molecule has 0 aliphatic heterocycles. The summed E-state index contributed by atoms with van der Waals surface area (Å²) in [5, 5.41) is 6.39. The number of nitrogens with zero attached hydrogens (tertiary/aromatic N) is 3. The van der Waals surface area contributed by atoms with E-state index in [0.29, 0.717) is 28.7 Å². The lowest BCUT2D eigenvalue weighted by molar-refractivity contribution is -0.142. The van der Waals surface area contributed by atoms with Gasteiger partial charge in [-0.2, -0.15) is 18.3 Å². The van der Waals surface area contributed by atoms with Crippen molar-refractivity contribution < 1.29 is 22.7 Å². The highest BCUT2D eigenvalue weighted by Gasteiger charge is 2.30. The van der Waals surface area contributed by atoms with Crippen LogP contribution in [0.15, 0.2) is 53.1 Å². The Labute approximate surface area is 174 Å². The molecule has 3 rings (SSSR count). The molecule has 6 nitrogen and oxygen atoms in total. The molecule has 1 aromatic carbocycles. The molecule has 0 spiro atoms. The third-order valence-corrected chi connectivity index (χ3v) is 4.65. The molecule has 30 heavy (non-hydrogen) atoms. The molecule has 0 atom stereocenters. The van der Waals surface area contributed by atoms with Crippen molar-refractivity contribution in [1.29, 1.82) is 0 Å². The standard InChI is InChI=1S/C20H17F3N4O2S/c1-2-29-18(28)9-16-12-30-19(26-16)27-25-10-13-3-5-14(6-4-13)17-8-7-15(11-24-17)20(21,22)23/h3-8,10-12H,2,9H2,1H3,(H,26,27). The van der Waals surface area contributed by atoms with Crippen molar-refractivity contribution >= 4 is 28.7 Å². The minimum atomic E-state index is -4.41. The summed E-state index contributed by atoms with van der Waals surface area (Å²) in [4.78, 5) is 19.6. The first-order chi connectivity index (χ1) is 14.3. The Morgan fingerprint density at radius 1 is 1.23 bits per heavy atom. The summed E-state index contributed by atoms with van der Waals surface area (Å²) in [6, 6.07) is 9.38. The lowest BCUT2D eigenvalue weighted by atomic mass is 10.1. The van der Waals surface area contributed by atoms with E-state index in [-0.39, 0.29) is 12.4 Å². The Morgan fingerprint density at radius 3 is 2.63 bits per heavy atom. The number of carbonyl (C=O) groups excluding carboxylic acids is 1. The van der Waals surface area contributed by atoms with E-state index in [1.165, 1.54) is 17.4 Å². The number of benzene rings is 1. The number of thiazole rings is 1. The fourth-order valence-electron chi connectivity index (χ4n) is 2.43. The number of pyridine rings is 1. The van der Waals surface area contributed by atoms with Gasteiger partial charge in [0.1, 0.15) is 0 Å². The van der Waals surface area contributed by atoms with E-state index >= 15 is 0 Å². The second kappa shape index (κ2) is 9.49. The molecular weight excluding hydrogens is 417 g/mol. The molecule has 2 aromatic heterocycles. The summed E-state index contributed by atoms with van der Waals surface area (Å²) in [6.07, 6.45) is -1.90. The second-order valence-corrected chi connectivity index (χ2v) is 6.91. The van der Waals surface area contributed by atoms with Gasteiger partial charge in [0, 0.05) is 17.1 Å². The summed E-state index contributed by atoms with van der Waals surface area (Å²) in [6.45, 7) is 2.07. The van der Waals surface area contributed by atoms with Crippen LogP contribution in [0.5, 0.6) is 0 Å². The maximum Gasteiger partial charge on any atom is 0.417 e. The first kappa shape index (κ1) is 21.4. The van der Waals surface area contributed by atoms with E-state index in [4.69, 9.17) is 4.74 Å². The number of rotatable bonds is 7. The normalized spacial score (nSPS) is 11.6. The highest BCUT2D eigenvalue weighted by molar-refractivity contribution is 7.13. The van der Waals surface area contributed by atoms with Crippen LogP contribution in [0.4, 0.5) is 18.3 Å². The van der Waals surface area contributed by atoms with Crippen LogP contribution >= 0.6 is 11.3 Å². The Bertz CT molecular complexity index is 1020. The molecule has 0 fully saturated rings. The number of anilines is 1. The third kappa shape index (κ3) is 5.86. The largest absolute Gasteiger partial charge is 0.466 e. The zero-order chi connectivity index (χ0) is 21.6. The number of esters is 1. The van der Waals surface area contributed by atoms with Crippen molar-refractivity contribution in [2.75, 3.05) is 12.0 Å². The number of hydrogen-bond acceptors (Lipinski definition) is 7. The number of alkyl halides is 3. The number of ether oxygens (including phenoxy) is 1. The number of carbonyl (C=O) groups is 1. The van der Waals surface area contributed by atoms with Crippen LogP contribution < -0.4 is 5.43 Å². The monoisotopic (exact) mass is 434 g/mol. The smallest absolute Gasteiger partial charge is 0.417 e. The van der Waals surface area contributed by atoms with Crippen LogP contribution in [-0.2, 0) is 22.1 Å². The number of nitrogens with one attached hydrogen (secondary N) is 1. The maximum absolute atomic E-state index is 12.6. The summed E-state index contributed by atoms with van der Waals surface area (Å²) < 4.78 is 42.7. The minimum absolute atomic E-state index is 0.106. The summed E-state index contributed by atoms with van der Waals surface area (Å²) in [5.41, 5.74) is 4.53. The molecule has 0 radical (unpaired) electrons. The van der Waals surface area contributed by atoms with Gasteiger partial charge >= 0.3 is 12.1 Å². The molecule has 10 heteroatoms. The quantitative estimate of drug-likeness (QED) is 0.329. The molecule has 0 aliphatic carbocycles. The summed E-state index contributed by atoms with van der Waals surface area (Å²) in [7, 11) is 0. The maximum atomic E-state index is 12.6. The van der Waals surface area contributed by atoms with Gasteiger partial charge in [0.05, 0.1) is 36.2 Å². The van der Waals surface area contributed by atoms with E-state index in [1.807, 2.05) is 0 Å². The molecule has 0 amide bonds. The van der Waals surface area contributed by atoms with Crippen LogP contribution in [0.25, 0.3) is 11.3 Å². The SMILES string of the molecule is CCOC(=O)Cc1csc(NN=Cc2ccc(-c3ccc(C(F)(F)F)cn3)cc2)n1. The Hall–Kier alpha value is -3.27. The first-order valence-electron chi connectivity index (χ1n) is 8.88. The van der Waals surface area contributed by atoms with Gasteiger partial charge in [0.2, 0.25) is 5.13 Å². The highest BCUT2D eigenvalue weighted by Crippen LogP contribution is 2.29. The van der Waals surface area contributed by atoms with Gasteiger partial charge in [-0.15, -0.1) is 11.3 Å². The van der Waals surface area contributed by atoms with Gasteiger partial charge in [0.15, 0.2) is 0 Å². The molecule has 3 aromatic rings. The number of hydrogen-bond donors (Lipinski definition) is 1. The van der Waals surface area contributed by atoms with Gasteiger partial charge < -0.3 is 4.74 Å². The van der Waals surface area contributed by atoms with Crippen molar-refractivity contribution in [3.05, 3.63) is 64.8 Å². The molecular formula is C20H17F3N4O2S. The van der Waals surface area contributed by atoms with Gasteiger partial charge in [0.25, 0.3) is 0 Å². The van der Waals surface area contributed by atoms with Crippen LogP contribution in [0.3, 0.4) is 0 Å². The molecule has 0 saturated heterocycles. The number of halogens is 3. The third-order valence-electron chi connectivity index (χ3n) is 3.85. The zero-order valence-corrected chi connectivity index (χ0v) is 16.6. The molecule has 1 N–H and O–H groups in total. The average molecular weight is 434 g/mol. The van der Waals surface area contributed by atoms with Gasteiger partial charge in [-0.3, -0.25) is 15.2 Å². The molecule has 2 heterocycles. The molecule has 0 unspecified atom stereocenters. The first-order valence-corrected chi connectivity index (χ1v) is 9.76.